The number of para-hydroxylation sites is 2. The average Bonchev–Trinajstić information content (AvgIpc) is 2.90. The molecule has 0 aliphatic heterocycles. The Balaban J connectivity index is 1.54. The Bertz CT molecular complexity index is 518. The van der Waals surface area contributed by atoms with E-state index in [0.717, 1.165) is 29.9 Å². The van der Waals surface area contributed by atoms with Gasteiger partial charge in [-0.1, -0.05) is 25.0 Å². The first kappa shape index (κ1) is 13.6. The topological polar surface area (TPSA) is 60.9 Å². The molecule has 108 valence electrons. The van der Waals surface area contributed by atoms with Gasteiger partial charge in [-0.3, -0.25) is 0 Å². The van der Waals surface area contributed by atoms with Gasteiger partial charge in [-0.15, -0.1) is 0 Å². The number of aromatic amines is 1. The summed E-state index contributed by atoms with van der Waals surface area (Å²) in [6, 6.07) is 8.10. The summed E-state index contributed by atoms with van der Waals surface area (Å²) in [5, 5.41) is 12.9. The smallest absolute Gasteiger partial charge is 0.121 e. The van der Waals surface area contributed by atoms with Crippen molar-refractivity contribution in [3.05, 3.63) is 30.1 Å². The fourth-order valence-corrected chi connectivity index (χ4v) is 3.26. The first-order chi connectivity index (χ1) is 9.86. The Labute approximate surface area is 119 Å². The van der Waals surface area contributed by atoms with E-state index >= 15 is 0 Å². The van der Waals surface area contributed by atoms with Crippen molar-refractivity contribution in [3.63, 3.8) is 0 Å². The number of hydrogen-bond donors (Lipinski definition) is 3. The molecule has 1 aliphatic rings. The lowest BCUT2D eigenvalue weighted by atomic mass is 9.79. The lowest BCUT2D eigenvalue weighted by Crippen LogP contribution is -2.32. The highest BCUT2D eigenvalue weighted by atomic mass is 16.3. The van der Waals surface area contributed by atoms with E-state index in [9.17, 15) is 5.11 Å². The summed E-state index contributed by atoms with van der Waals surface area (Å²) in [7, 11) is 0. The van der Waals surface area contributed by atoms with Crippen LogP contribution in [0.3, 0.4) is 0 Å². The number of nitrogens with one attached hydrogen (secondary N) is 2. The number of aromatic nitrogens is 2. The van der Waals surface area contributed by atoms with E-state index in [0.29, 0.717) is 18.4 Å². The number of imidazole rings is 1. The molecular weight excluding hydrogens is 250 g/mol. The Hall–Kier alpha value is -1.39. The molecule has 3 rings (SSSR count). The van der Waals surface area contributed by atoms with Crippen LogP contribution in [0.5, 0.6) is 0 Å². The molecular formula is C16H23N3O. The minimum Gasteiger partial charge on any atom is -0.396 e. The number of aliphatic hydroxyl groups excluding tert-OH is 1. The number of aliphatic hydroxyl groups is 1. The van der Waals surface area contributed by atoms with Gasteiger partial charge in [-0.2, -0.15) is 0 Å². The predicted octanol–water partition coefficient (Wildman–Crippen LogP) is 2.45. The molecule has 2 atom stereocenters. The number of fused-ring (bicyclic) bond motifs is 1. The van der Waals surface area contributed by atoms with E-state index in [4.69, 9.17) is 0 Å². The molecule has 4 nitrogen and oxygen atoms in total. The van der Waals surface area contributed by atoms with Crippen LogP contribution in [0.2, 0.25) is 0 Å². The Morgan fingerprint density at radius 1 is 1.20 bits per heavy atom. The van der Waals surface area contributed by atoms with Gasteiger partial charge in [0.15, 0.2) is 0 Å². The van der Waals surface area contributed by atoms with E-state index in [2.05, 4.69) is 21.4 Å². The highest BCUT2D eigenvalue weighted by molar-refractivity contribution is 5.74. The average molecular weight is 273 g/mol. The molecule has 3 N–H and O–H groups in total. The SMILES string of the molecule is OCC1CCCCC1CNCc1nc2ccccc2[nH]1. The third-order valence-corrected chi connectivity index (χ3v) is 4.44. The van der Waals surface area contributed by atoms with Crippen molar-refractivity contribution in [3.8, 4) is 0 Å². The lowest BCUT2D eigenvalue weighted by Gasteiger charge is -2.30. The monoisotopic (exact) mass is 273 g/mol. The minimum absolute atomic E-state index is 0.330. The second-order valence-electron chi connectivity index (χ2n) is 5.82. The van der Waals surface area contributed by atoms with Crippen LogP contribution in [0, 0.1) is 11.8 Å². The van der Waals surface area contributed by atoms with Gasteiger partial charge in [-0.05, 0) is 43.4 Å². The molecule has 1 aromatic carbocycles. The fourth-order valence-electron chi connectivity index (χ4n) is 3.26. The van der Waals surface area contributed by atoms with Crippen LogP contribution in [-0.2, 0) is 6.54 Å². The summed E-state index contributed by atoms with van der Waals surface area (Å²) in [5.74, 6) is 2.08. The minimum atomic E-state index is 0.330. The third-order valence-electron chi connectivity index (χ3n) is 4.44. The zero-order valence-corrected chi connectivity index (χ0v) is 11.8. The fraction of sp³-hybridized carbons (Fsp3) is 0.562. The van der Waals surface area contributed by atoms with Gasteiger partial charge in [0.25, 0.3) is 0 Å². The Morgan fingerprint density at radius 2 is 2.00 bits per heavy atom. The van der Waals surface area contributed by atoms with Gasteiger partial charge in [-0.25, -0.2) is 4.98 Å². The first-order valence-electron chi connectivity index (χ1n) is 7.62. The van der Waals surface area contributed by atoms with Crippen LogP contribution in [0.4, 0.5) is 0 Å². The second kappa shape index (κ2) is 6.37. The first-order valence-corrected chi connectivity index (χ1v) is 7.62. The van der Waals surface area contributed by atoms with Gasteiger partial charge >= 0.3 is 0 Å². The van der Waals surface area contributed by atoms with E-state index in [1.807, 2.05) is 18.2 Å². The van der Waals surface area contributed by atoms with E-state index < -0.39 is 0 Å². The normalized spacial score (nSPS) is 23.2. The van der Waals surface area contributed by atoms with Crippen molar-refractivity contribution < 1.29 is 5.11 Å². The predicted molar refractivity (Wildman–Crippen MR) is 80.3 cm³/mol. The van der Waals surface area contributed by atoms with Crippen molar-refractivity contribution >= 4 is 11.0 Å². The van der Waals surface area contributed by atoms with Crippen LogP contribution < -0.4 is 5.32 Å². The van der Waals surface area contributed by atoms with Gasteiger partial charge in [0.1, 0.15) is 5.82 Å². The summed E-state index contributed by atoms with van der Waals surface area (Å²) in [5.41, 5.74) is 2.12. The molecule has 2 unspecified atom stereocenters. The molecule has 20 heavy (non-hydrogen) atoms. The number of H-pyrrole nitrogens is 1. The van der Waals surface area contributed by atoms with Gasteiger partial charge in [0.2, 0.25) is 0 Å². The summed E-state index contributed by atoms with van der Waals surface area (Å²) < 4.78 is 0. The number of hydrogen-bond acceptors (Lipinski definition) is 3. The molecule has 1 aromatic heterocycles. The van der Waals surface area contributed by atoms with Gasteiger partial charge in [0, 0.05) is 6.61 Å². The van der Waals surface area contributed by atoms with Crippen molar-refractivity contribution in [1.82, 2.24) is 15.3 Å². The highest BCUT2D eigenvalue weighted by Crippen LogP contribution is 2.29. The molecule has 0 amide bonds. The molecule has 1 saturated carbocycles. The maximum atomic E-state index is 9.43. The maximum absolute atomic E-state index is 9.43. The quantitative estimate of drug-likeness (QED) is 0.784. The Morgan fingerprint density at radius 3 is 2.80 bits per heavy atom. The zero-order chi connectivity index (χ0) is 13.8. The van der Waals surface area contributed by atoms with Crippen LogP contribution >= 0.6 is 0 Å². The molecule has 0 saturated heterocycles. The van der Waals surface area contributed by atoms with Crippen molar-refractivity contribution in [1.29, 1.82) is 0 Å². The summed E-state index contributed by atoms with van der Waals surface area (Å²) in [6.07, 6.45) is 4.98. The molecule has 1 heterocycles. The van der Waals surface area contributed by atoms with E-state index in [1.165, 1.54) is 25.7 Å². The van der Waals surface area contributed by atoms with E-state index in [1.54, 1.807) is 0 Å². The summed E-state index contributed by atoms with van der Waals surface area (Å²) >= 11 is 0. The van der Waals surface area contributed by atoms with E-state index in [-0.39, 0.29) is 0 Å². The lowest BCUT2D eigenvalue weighted by molar-refractivity contribution is 0.133. The maximum Gasteiger partial charge on any atom is 0.121 e. The van der Waals surface area contributed by atoms with Crippen LogP contribution in [0.25, 0.3) is 11.0 Å². The van der Waals surface area contributed by atoms with Crippen LogP contribution in [0.15, 0.2) is 24.3 Å². The summed E-state index contributed by atoms with van der Waals surface area (Å²) in [6.45, 7) is 2.07. The molecule has 1 fully saturated rings. The number of benzene rings is 1. The van der Waals surface area contributed by atoms with Crippen molar-refractivity contribution in [2.24, 2.45) is 11.8 Å². The highest BCUT2D eigenvalue weighted by Gasteiger charge is 2.23. The molecule has 0 radical (unpaired) electrons. The second-order valence-corrected chi connectivity index (χ2v) is 5.82. The third kappa shape index (κ3) is 3.02. The van der Waals surface area contributed by atoms with Crippen molar-refractivity contribution in [2.75, 3.05) is 13.2 Å². The summed E-state index contributed by atoms with van der Waals surface area (Å²) in [4.78, 5) is 7.90. The molecule has 1 aliphatic carbocycles. The largest absolute Gasteiger partial charge is 0.396 e. The van der Waals surface area contributed by atoms with Gasteiger partial charge < -0.3 is 15.4 Å². The zero-order valence-electron chi connectivity index (χ0n) is 11.8. The molecule has 0 bridgehead atoms. The van der Waals surface area contributed by atoms with Crippen molar-refractivity contribution in [2.45, 2.75) is 32.2 Å². The standard InChI is InChI=1S/C16H23N3O/c20-11-13-6-2-1-5-12(13)9-17-10-16-18-14-7-3-4-8-15(14)19-16/h3-4,7-8,12-13,17,20H,1-2,5-6,9-11H2,(H,18,19). The van der Waals surface area contributed by atoms with Crippen LogP contribution in [0.1, 0.15) is 31.5 Å². The van der Waals surface area contributed by atoms with Gasteiger partial charge in [0.05, 0.1) is 17.6 Å². The molecule has 0 spiro atoms. The molecule has 4 heteroatoms. The molecule has 2 aromatic rings. The number of nitrogens with zero attached hydrogens (tertiary/aromatic N) is 1. The van der Waals surface area contributed by atoms with Crippen LogP contribution in [-0.4, -0.2) is 28.2 Å². The number of rotatable bonds is 5. The Kier molecular flexibility index (Phi) is 4.33.